The minimum atomic E-state index is -0.429. The number of rotatable bonds is 7. The van der Waals surface area contributed by atoms with E-state index in [1.807, 2.05) is 12.2 Å². The number of nitrogens with zero attached hydrogens (tertiary/aromatic N) is 2. The molecule has 1 unspecified atom stereocenters. The molecule has 0 aromatic heterocycles. The van der Waals surface area contributed by atoms with Crippen molar-refractivity contribution in [3.63, 3.8) is 0 Å². The normalized spacial score (nSPS) is 23.0. The summed E-state index contributed by atoms with van der Waals surface area (Å²) in [6, 6.07) is 3.92. The first-order valence-electron chi connectivity index (χ1n) is 12.0. The van der Waals surface area contributed by atoms with E-state index in [-0.39, 0.29) is 11.8 Å². The third-order valence-electron chi connectivity index (χ3n) is 6.88. The highest BCUT2D eigenvalue weighted by Gasteiger charge is 2.37. The summed E-state index contributed by atoms with van der Waals surface area (Å²) in [7, 11) is 1.64. The van der Waals surface area contributed by atoms with Crippen molar-refractivity contribution < 1.29 is 18.3 Å². The molecule has 34 heavy (non-hydrogen) atoms. The summed E-state index contributed by atoms with van der Waals surface area (Å²) in [6.07, 6.45) is 16.1. The van der Waals surface area contributed by atoms with Crippen molar-refractivity contribution in [2.75, 3.05) is 33.4 Å². The fourth-order valence-electron chi connectivity index (χ4n) is 5.04. The van der Waals surface area contributed by atoms with E-state index in [0.29, 0.717) is 18.5 Å². The van der Waals surface area contributed by atoms with Crippen molar-refractivity contribution in [1.82, 2.24) is 15.1 Å². The number of allylic oxidation sites excluding steroid dienone is 4. The number of methoxy groups -OCH3 is 1. The van der Waals surface area contributed by atoms with E-state index in [1.165, 1.54) is 17.3 Å². The van der Waals surface area contributed by atoms with Crippen molar-refractivity contribution in [3.05, 3.63) is 88.6 Å². The number of hydrogen-bond donors (Lipinski definition) is 1. The number of piperidine rings is 1. The van der Waals surface area contributed by atoms with Crippen LogP contribution in [0.2, 0.25) is 0 Å². The van der Waals surface area contributed by atoms with Crippen LogP contribution in [0.1, 0.15) is 31.2 Å². The Morgan fingerprint density at radius 1 is 1.15 bits per heavy atom. The van der Waals surface area contributed by atoms with Crippen LogP contribution in [0.4, 0.5) is 8.78 Å². The lowest BCUT2D eigenvalue weighted by atomic mass is 9.94. The number of ether oxygens (including phenoxy) is 2. The Hall–Kier alpha value is -2.90. The molecule has 1 fully saturated rings. The maximum atomic E-state index is 13.7. The largest absolute Gasteiger partial charge is 0.469 e. The van der Waals surface area contributed by atoms with Crippen molar-refractivity contribution >= 4 is 6.08 Å². The van der Waals surface area contributed by atoms with E-state index < -0.39 is 11.6 Å². The van der Waals surface area contributed by atoms with Gasteiger partial charge in [-0.1, -0.05) is 24.3 Å². The molecule has 180 valence electrons. The second-order valence-electron chi connectivity index (χ2n) is 9.11. The van der Waals surface area contributed by atoms with Gasteiger partial charge in [0, 0.05) is 55.0 Å². The van der Waals surface area contributed by atoms with E-state index in [1.54, 1.807) is 13.2 Å². The third-order valence-corrected chi connectivity index (χ3v) is 6.88. The van der Waals surface area contributed by atoms with Gasteiger partial charge in [-0.3, -0.25) is 4.90 Å². The van der Waals surface area contributed by atoms with Crippen LogP contribution < -0.4 is 5.32 Å². The quantitative estimate of drug-likeness (QED) is 0.590. The number of halogens is 2. The van der Waals surface area contributed by atoms with Gasteiger partial charge in [0.1, 0.15) is 11.6 Å². The average Bonchev–Trinajstić information content (AvgIpc) is 3.28. The van der Waals surface area contributed by atoms with Gasteiger partial charge >= 0.3 is 0 Å². The molecule has 4 aliphatic rings. The Labute approximate surface area is 199 Å². The van der Waals surface area contributed by atoms with Crippen LogP contribution in [0, 0.1) is 11.6 Å². The van der Waals surface area contributed by atoms with Gasteiger partial charge in [0.25, 0.3) is 5.95 Å². The van der Waals surface area contributed by atoms with Crippen LogP contribution in [-0.2, 0) is 9.47 Å². The van der Waals surface area contributed by atoms with Gasteiger partial charge in [0.2, 0.25) is 6.23 Å². The lowest BCUT2D eigenvalue weighted by Gasteiger charge is -2.42. The Morgan fingerprint density at radius 2 is 1.97 bits per heavy atom. The Bertz CT molecular complexity index is 1070. The smallest absolute Gasteiger partial charge is 0.281 e. The highest BCUT2D eigenvalue weighted by molar-refractivity contribution is 5.50. The first-order chi connectivity index (χ1) is 16.6. The molecule has 1 atom stereocenters. The molecule has 1 N–H and O–H groups in total. The average molecular weight is 468 g/mol. The molecule has 1 aliphatic carbocycles. The van der Waals surface area contributed by atoms with Gasteiger partial charge in [-0.25, -0.2) is 8.78 Å². The number of fused-ring (bicyclic) bond motifs is 1. The molecule has 0 saturated carbocycles. The van der Waals surface area contributed by atoms with Crippen LogP contribution >= 0.6 is 0 Å². The monoisotopic (exact) mass is 467 g/mol. The predicted octanol–water partition coefficient (Wildman–Crippen LogP) is 4.68. The van der Waals surface area contributed by atoms with Gasteiger partial charge in [-0.2, -0.15) is 0 Å². The second kappa shape index (κ2) is 10.2. The van der Waals surface area contributed by atoms with Gasteiger partial charge in [-0.15, -0.1) is 0 Å². The van der Waals surface area contributed by atoms with Crippen LogP contribution in [-0.4, -0.2) is 55.5 Å². The van der Waals surface area contributed by atoms with Crippen molar-refractivity contribution in [2.45, 2.75) is 38.0 Å². The molecule has 5 rings (SSSR count). The molecule has 1 saturated heterocycles. The highest BCUT2D eigenvalue weighted by Crippen LogP contribution is 2.38. The zero-order valence-electron chi connectivity index (χ0n) is 19.5. The van der Waals surface area contributed by atoms with E-state index in [4.69, 9.17) is 9.47 Å². The topological polar surface area (TPSA) is 37.0 Å². The number of hydrogen-bond acceptors (Lipinski definition) is 5. The zero-order valence-corrected chi connectivity index (χ0v) is 19.5. The van der Waals surface area contributed by atoms with E-state index in [2.05, 4.69) is 33.3 Å². The third kappa shape index (κ3) is 4.95. The number of likely N-dealkylation sites (tertiary alicyclic amines) is 1. The van der Waals surface area contributed by atoms with Gasteiger partial charge in [0.05, 0.1) is 13.8 Å². The Kier molecular flexibility index (Phi) is 6.83. The second-order valence-corrected chi connectivity index (χ2v) is 9.11. The van der Waals surface area contributed by atoms with Gasteiger partial charge in [-0.05, 0) is 49.1 Å². The molecule has 1 aromatic carbocycles. The molecule has 0 spiro atoms. The summed E-state index contributed by atoms with van der Waals surface area (Å²) in [5, 5.41) is 3.53. The van der Waals surface area contributed by atoms with Gasteiger partial charge in [0.15, 0.2) is 0 Å². The van der Waals surface area contributed by atoms with Crippen LogP contribution in [0.3, 0.4) is 0 Å². The van der Waals surface area contributed by atoms with Gasteiger partial charge < -0.3 is 19.7 Å². The Morgan fingerprint density at radius 3 is 2.79 bits per heavy atom. The minimum absolute atomic E-state index is 0.121. The first-order valence-corrected chi connectivity index (χ1v) is 12.0. The molecule has 3 aliphatic heterocycles. The van der Waals surface area contributed by atoms with Crippen molar-refractivity contribution in [2.24, 2.45) is 0 Å². The van der Waals surface area contributed by atoms with Crippen molar-refractivity contribution in [3.8, 4) is 0 Å². The maximum absolute atomic E-state index is 13.7. The zero-order chi connectivity index (χ0) is 23.5. The molecule has 0 radical (unpaired) electrons. The summed E-state index contributed by atoms with van der Waals surface area (Å²) in [6.45, 7) is 3.44. The highest BCUT2D eigenvalue weighted by atomic mass is 19.1. The van der Waals surface area contributed by atoms with E-state index >= 15 is 0 Å². The molecule has 0 bridgehead atoms. The summed E-state index contributed by atoms with van der Waals surface area (Å²) in [4.78, 5) is 4.87. The maximum Gasteiger partial charge on any atom is 0.281 e. The predicted molar refractivity (Wildman–Crippen MR) is 128 cm³/mol. The molecule has 7 heteroatoms. The fourth-order valence-corrected chi connectivity index (χ4v) is 5.04. The summed E-state index contributed by atoms with van der Waals surface area (Å²) < 4.78 is 38.5. The lowest BCUT2D eigenvalue weighted by molar-refractivity contribution is -0.0457. The van der Waals surface area contributed by atoms with Crippen molar-refractivity contribution in [1.29, 1.82) is 0 Å². The molecule has 3 heterocycles. The van der Waals surface area contributed by atoms with Crippen LogP contribution in [0.25, 0.3) is 6.08 Å². The molecular weight excluding hydrogens is 436 g/mol. The van der Waals surface area contributed by atoms with Crippen LogP contribution in [0.15, 0.2) is 71.4 Å². The summed E-state index contributed by atoms with van der Waals surface area (Å²) >= 11 is 0. The summed E-state index contributed by atoms with van der Waals surface area (Å²) in [5.41, 5.74) is 4.14. The Balaban J connectivity index is 1.13. The minimum Gasteiger partial charge on any atom is -0.469 e. The lowest BCUT2D eigenvalue weighted by Crippen LogP contribution is -2.50. The molecule has 1 aromatic rings. The fraction of sp³-hybridized carbons (Fsp3) is 0.407. The first kappa shape index (κ1) is 22.9. The van der Waals surface area contributed by atoms with Crippen LogP contribution in [0.5, 0.6) is 0 Å². The van der Waals surface area contributed by atoms with E-state index in [0.717, 1.165) is 63.1 Å². The number of nitrogens with one attached hydrogen (secondary N) is 1. The molecule has 0 amide bonds. The molecule has 5 nitrogen and oxygen atoms in total. The SMILES string of the molecule is COC1=CC2=CC3=C(CC=CC3)N(CN3CCC(NC/C=C/c4cc(F)ccc4F)CC3)C2O1. The number of benzene rings is 1. The molecular formula is C27H31F2N3O2. The standard InChI is InChI=1S/C27H31F2N3O2/c1-33-26-17-21-15-20-5-2-3-7-25(20)32(27(21)34-26)18-31-13-10-23(11-14-31)30-12-4-6-19-16-22(28)8-9-24(19)29/h2-4,6,8-9,15-17,23,27,30H,5,7,10-14,18H2,1H3/b6-4+. The van der Waals surface area contributed by atoms with E-state index in [9.17, 15) is 8.78 Å². The summed E-state index contributed by atoms with van der Waals surface area (Å²) in [5.74, 6) is -0.266.